The smallest absolute Gasteiger partial charge is 0.252 e. The first-order valence-electron chi connectivity index (χ1n) is 14.4. The van der Waals surface area contributed by atoms with Gasteiger partial charge < -0.3 is 19.9 Å². The minimum absolute atomic E-state index is 0.0492. The van der Waals surface area contributed by atoms with E-state index in [2.05, 4.69) is 31.3 Å². The van der Waals surface area contributed by atoms with Crippen molar-refractivity contribution in [3.05, 3.63) is 145 Å². The highest BCUT2D eigenvalue weighted by Crippen LogP contribution is 2.43. The third-order valence-corrected chi connectivity index (χ3v) is 8.19. The van der Waals surface area contributed by atoms with Gasteiger partial charge in [-0.2, -0.15) is 0 Å². The summed E-state index contributed by atoms with van der Waals surface area (Å²) >= 11 is 9.73. The monoisotopic (exact) mass is 687 g/mol. The van der Waals surface area contributed by atoms with Gasteiger partial charge in [-0.1, -0.05) is 81.2 Å². The molecule has 0 bridgehead atoms. The molecule has 11 heteroatoms. The highest BCUT2D eigenvalue weighted by atomic mass is 79.9. The second-order valence-corrected chi connectivity index (χ2v) is 11.8. The number of amides is 1. The fraction of sp³-hybridized carbons (Fsp3) is 0.235. The number of carbonyl (C=O) groups excluding carboxylic acids is 1. The number of carbonyl (C=O) groups is 1. The van der Waals surface area contributed by atoms with Crippen molar-refractivity contribution in [1.82, 2.24) is 5.32 Å². The van der Waals surface area contributed by atoms with E-state index in [-0.39, 0.29) is 32.0 Å². The number of hydrogen-bond donors (Lipinski definition) is 2. The van der Waals surface area contributed by atoms with Crippen LogP contribution in [0.4, 0.5) is 0 Å². The van der Waals surface area contributed by atoms with Crippen molar-refractivity contribution >= 4 is 39.3 Å². The summed E-state index contributed by atoms with van der Waals surface area (Å²) in [6.45, 7) is 0.808. The molecule has 0 radical (unpaired) electrons. The second-order valence-electron chi connectivity index (χ2n) is 10.5. The van der Waals surface area contributed by atoms with Gasteiger partial charge in [-0.3, -0.25) is 4.79 Å². The van der Waals surface area contributed by atoms with E-state index in [1.165, 1.54) is 0 Å². The topological polar surface area (TPSA) is 129 Å². The molecule has 230 valence electrons. The van der Waals surface area contributed by atoms with Crippen molar-refractivity contribution in [2.45, 2.75) is 37.6 Å². The lowest BCUT2D eigenvalue weighted by Crippen LogP contribution is -2.49. The van der Waals surface area contributed by atoms with Crippen LogP contribution in [0.1, 0.15) is 40.3 Å². The van der Waals surface area contributed by atoms with Crippen molar-refractivity contribution in [2.24, 2.45) is 10.1 Å². The Morgan fingerprint density at radius 2 is 1.82 bits per heavy atom. The highest BCUT2D eigenvalue weighted by Gasteiger charge is 2.53. The Kier molecular flexibility index (Phi) is 10.8. The van der Waals surface area contributed by atoms with Crippen LogP contribution in [0.3, 0.4) is 0 Å². The zero-order valence-corrected chi connectivity index (χ0v) is 26.6. The maximum atomic E-state index is 14.5. The minimum Gasteiger partial charge on any atom is -0.494 e. The molecule has 45 heavy (non-hydrogen) atoms. The van der Waals surface area contributed by atoms with Crippen molar-refractivity contribution in [3.8, 4) is 5.75 Å². The van der Waals surface area contributed by atoms with Crippen molar-refractivity contribution in [3.63, 3.8) is 0 Å². The first kappa shape index (κ1) is 32.1. The lowest BCUT2D eigenvalue weighted by atomic mass is 9.81. The fourth-order valence-corrected chi connectivity index (χ4v) is 5.66. The molecular weight excluding hydrogens is 658 g/mol. The molecule has 0 aromatic heterocycles. The van der Waals surface area contributed by atoms with E-state index in [0.29, 0.717) is 35.3 Å². The van der Waals surface area contributed by atoms with Crippen LogP contribution in [0.2, 0.25) is 5.02 Å². The third-order valence-electron chi connectivity index (χ3n) is 7.43. The largest absolute Gasteiger partial charge is 0.494 e. The Morgan fingerprint density at radius 1 is 1.07 bits per heavy atom. The Labute approximate surface area is 274 Å². The summed E-state index contributed by atoms with van der Waals surface area (Å²) in [4.78, 5) is 22.5. The summed E-state index contributed by atoms with van der Waals surface area (Å²) in [5.74, 6) is 0.635. The van der Waals surface area contributed by atoms with E-state index in [1.54, 1.807) is 12.1 Å². The van der Waals surface area contributed by atoms with E-state index in [9.17, 15) is 4.79 Å². The molecule has 9 nitrogen and oxygen atoms in total. The lowest BCUT2D eigenvalue weighted by Gasteiger charge is -2.31. The molecular formula is C34H31BrClN5O4. The van der Waals surface area contributed by atoms with Crippen molar-refractivity contribution in [1.29, 1.82) is 0 Å². The van der Waals surface area contributed by atoms with Gasteiger partial charge in [-0.15, -0.1) is 0 Å². The minimum atomic E-state index is -1.43. The van der Waals surface area contributed by atoms with Gasteiger partial charge in [-0.25, -0.2) is 4.99 Å². The molecule has 2 N–H and O–H groups in total. The van der Waals surface area contributed by atoms with Gasteiger partial charge in [0.15, 0.2) is 11.6 Å². The Bertz CT molecular complexity index is 1710. The maximum Gasteiger partial charge on any atom is 0.252 e. The average molecular weight is 689 g/mol. The summed E-state index contributed by atoms with van der Waals surface area (Å²) < 4.78 is 13.2. The van der Waals surface area contributed by atoms with Gasteiger partial charge in [0.2, 0.25) is 5.90 Å². The van der Waals surface area contributed by atoms with Gasteiger partial charge in [0.05, 0.1) is 13.2 Å². The van der Waals surface area contributed by atoms with Crippen molar-refractivity contribution < 1.29 is 19.4 Å². The molecule has 5 rings (SSSR count). The molecule has 2 atom stereocenters. The number of aliphatic hydroxyl groups is 1. The number of aliphatic imine (C=N–C) groups is 1. The van der Waals surface area contributed by atoms with Crippen LogP contribution >= 0.6 is 27.5 Å². The quantitative estimate of drug-likeness (QED) is 0.0653. The summed E-state index contributed by atoms with van der Waals surface area (Å²) in [5, 5.41) is 16.5. The molecule has 0 aliphatic carbocycles. The molecule has 0 unspecified atom stereocenters. The molecule has 1 aliphatic heterocycles. The molecule has 0 spiro atoms. The van der Waals surface area contributed by atoms with Gasteiger partial charge >= 0.3 is 0 Å². The number of benzene rings is 4. The van der Waals surface area contributed by atoms with E-state index < -0.39 is 11.6 Å². The van der Waals surface area contributed by atoms with Crippen molar-refractivity contribution in [2.75, 3.05) is 13.2 Å². The Hall–Kier alpha value is -4.34. The van der Waals surface area contributed by atoms with Crippen LogP contribution in [0.25, 0.3) is 10.4 Å². The summed E-state index contributed by atoms with van der Waals surface area (Å²) in [5.41, 5.74) is 11.5. The Balaban J connectivity index is 1.59. The standard InChI is InChI=1S/C34H31BrClN5O4/c35-28-13-9-24(10-14-28)31-34(20-26-6-1-2-7-27(26)22-39-41-37,33(43)38-21-23-5-3-8-29(36)19-23)40-32(45-31)25-11-15-30(16-12-25)44-18-4-17-42/h1-3,5-16,19,31,42H,4,17-18,20-22H2,(H,38,43)/t31-,34-/m1/s1. The Morgan fingerprint density at radius 3 is 2.53 bits per heavy atom. The van der Waals surface area contributed by atoms with Gasteiger partial charge in [0, 0.05) is 46.0 Å². The number of hydrogen-bond acceptors (Lipinski definition) is 6. The van der Waals surface area contributed by atoms with Crippen LogP contribution in [0, 0.1) is 0 Å². The lowest BCUT2D eigenvalue weighted by molar-refractivity contribution is -0.129. The van der Waals surface area contributed by atoms with E-state index in [1.807, 2.05) is 84.9 Å². The van der Waals surface area contributed by atoms with Gasteiger partial charge in [0.1, 0.15) is 5.75 Å². The number of rotatable bonds is 13. The fourth-order valence-electron chi connectivity index (χ4n) is 5.18. The molecule has 1 amide bonds. The first-order valence-corrected chi connectivity index (χ1v) is 15.6. The normalized spacial score (nSPS) is 17.1. The van der Waals surface area contributed by atoms with Crippen LogP contribution in [0.15, 0.2) is 112 Å². The first-order chi connectivity index (χ1) is 21.9. The van der Waals surface area contributed by atoms with Crippen LogP contribution in [-0.2, 0) is 29.0 Å². The molecule has 1 aliphatic rings. The molecule has 4 aromatic carbocycles. The molecule has 0 fully saturated rings. The molecule has 1 heterocycles. The zero-order valence-electron chi connectivity index (χ0n) is 24.3. The third kappa shape index (κ3) is 7.85. The van der Waals surface area contributed by atoms with Crippen LogP contribution < -0.4 is 10.1 Å². The number of aliphatic hydroxyl groups excluding tert-OH is 1. The number of halogens is 2. The predicted octanol–water partition coefficient (Wildman–Crippen LogP) is 7.49. The number of nitrogens with zero attached hydrogens (tertiary/aromatic N) is 4. The summed E-state index contributed by atoms with van der Waals surface area (Å²) in [6.07, 6.45) is -0.0774. The SMILES string of the molecule is [N-]=[N+]=NCc1ccccc1C[C@@]1(C(=O)NCc2cccc(Cl)c2)N=C(c2ccc(OCCCO)cc2)O[C@@H]1c1ccc(Br)cc1. The van der Waals surface area contributed by atoms with E-state index in [4.69, 9.17) is 36.7 Å². The van der Waals surface area contributed by atoms with E-state index in [0.717, 1.165) is 26.7 Å². The molecule has 0 saturated heterocycles. The number of azide groups is 1. The zero-order chi connectivity index (χ0) is 31.6. The number of nitrogens with one attached hydrogen (secondary N) is 1. The molecule has 0 saturated carbocycles. The highest BCUT2D eigenvalue weighted by molar-refractivity contribution is 9.10. The molecule has 4 aromatic rings. The average Bonchev–Trinajstić information content (AvgIpc) is 3.44. The number of ether oxygens (including phenoxy) is 2. The van der Waals surface area contributed by atoms with E-state index >= 15 is 0 Å². The van der Waals surface area contributed by atoms with Crippen LogP contribution in [-0.4, -0.2) is 35.7 Å². The summed E-state index contributed by atoms with van der Waals surface area (Å²) in [6, 6.07) is 29.8. The van der Waals surface area contributed by atoms with Gasteiger partial charge in [-0.05, 0) is 76.3 Å². The summed E-state index contributed by atoms with van der Waals surface area (Å²) in [7, 11) is 0. The van der Waals surface area contributed by atoms with Gasteiger partial charge in [0.25, 0.3) is 5.91 Å². The predicted molar refractivity (Wildman–Crippen MR) is 177 cm³/mol. The second kappa shape index (κ2) is 15.1. The maximum absolute atomic E-state index is 14.5. The van der Waals surface area contributed by atoms with Crippen LogP contribution in [0.5, 0.6) is 5.75 Å².